The maximum absolute atomic E-state index is 12.7. The van der Waals surface area contributed by atoms with Gasteiger partial charge in [-0.2, -0.15) is 43.8 Å². The molecular weight excluding hydrogens is 1420 g/mol. The standard InChI is InChI=1S/C12H13N3O2.C11H8F3N3O2.C11H12N4O2.C10H8FN3O2.C10H10N4O2.C9H7F2N3O2S.2Na/c1-7-4-8(2)14-10(5-7)9-6-13-15(3)11(9)12(16)17;1-17-9(10(18)19)6(5-15-17)7-3-2-4-8(16-7)11(12,13)14;1-7-3-12-5-9(14-7)8-4-13-15(2)11(8)10(17)6-16;1-14-9(10(15)16)7(5-13-14)8-3-2-6(11)4-12-8;1-6-3-11-5-8(13-6)7-4-12-14(2)9(7)10(15)16;1-14-6(9(15)16)4(2-12-14)8-13-5(3-17-8)7(10)11;;/h4-6H,1-3H3,(H,16,17);2-5H,1H3,(H,18,19);3-5,16H,6H2,1-2H3;2-5H,1H3,(H,15,16);3-5H,1-2H3,(H,15,16);2-3,7H,1H3,(H,15,16);;/q;;;;;;2*+1/p-2. The van der Waals surface area contributed by atoms with Crippen molar-refractivity contribution in [3.05, 3.63) is 190 Å². The van der Waals surface area contributed by atoms with Gasteiger partial charge in [-0.05, 0) is 69.7 Å². The van der Waals surface area contributed by atoms with Gasteiger partial charge in [0.2, 0.25) is 5.78 Å². The second kappa shape index (κ2) is 36.8. The first-order chi connectivity index (χ1) is 48.1. The molecular formula is C63H56F6N20Na2O12S. The molecule has 104 heavy (non-hydrogen) atoms. The summed E-state index contributed by atoms with van der Waals surface area (Å²) in [5.41, 5.74) is 6.16. The number of ketones is 1. The zero-order valence-electron chi connectivity index (χ0n) is 56.9. The molecule has 530 valence electrons. The smallest absolute Gasteiger partial charge is 0.543 e. The maximum atomic E-state index is 12.7. The number of thiazole rings is 1. The van der Waals surface area contributed by atoms with Gasteiger partial charge in [0, 0.05) is 76.9 Å². The van der Waals surface area contributed by atoms with Crippen LogP contribution in [0.1, 0.15) is 103 Å². The van der Waals surface area contributed by atoms with Gasteiger partial charge < -0.3 is 40.2 Å². The van der Waals surface area contributed by atoms with Crippen molar-refractivity contribution in [1.29, 1.82) is 0 Å². The Bertz CT molecular complexity index is 5030. The zero-order valence-corrected chi connectivity index (χ0v) is 61.7. The molecule has 0 saturated carbocycles. The van der Waals surface area contributed by atoms with E-state index in [0.717, 1.165) is 50.9 Å². The van der Waals surface area contributed by atoms with Crippen molar-refractivity contribution in [3.8, 4) is 66.9 Å². The first kappa shape index (κ1) is 83.7. The van der Waals surface area contributed by atoms with Crippen molar-refractivity contribution < 1.29 is 145 Å². The number of halogens is 6. The number of Topliss-reactive ketones (excluding diaryl/α,β-unsaturated/α-hetero) is 1. The van der Waals surface area contributed by atoms with Crippen LogP contribution in [0.4, 0.5) is 26.3 Å². The summed E-state index contributed by atoms with van der Waals surface area (Å²) >= 11 is 0.968. The first-order valence-electron chi connectivity index (χ1n) is 28.9. The number of alkyl halides is 5. The summed E-state index contributed by atoms with van der Waals surface area (Å²) in [6.07, 6.45) is 8.45. The Morgan fingerprint density at radius 2 is 0.885 bits per heavy atom. The van der Waals surface area contributed by atoms with Crippen molar-refractivity contribution in [2.45, 2.75) is 40.3 Å². The minimum atomic E-state index is -4.58. The summed E-state index contributed by atoms with van der Waals surface area (Å²) in [4.78, 5) is 98.3. The van der Waals surface area contributed by atoms with E-state index in [1.54, 1.807) is 52.9 Å². The number of rotatable bonds is 14. The molecule has 0 bridgehead atoms. The Morgan fingerprint density at radius 1 is 0.481 bits per heavy atom. The van der Waals surface area contributed by atoms with Crippen molar-refractivity contribution >= 4 is 47.0 Å². The SMILES string of the molecule is Cc1cc(C)nc(-c2cnn(C)c2C(=O)[O-])c1.Cc1cncc(-c2cnn(C)c2C(=O)CO)n1.Cc1cncc(-c2cnn(C)c2C(=O)O)n1.Cn1ncc(-c2ccc(F)cn2)c1C(=O)[O-].Cn1ncc(-c2cccc(C(F)(F)F)n2)c1C(=O)O.Cn1ncc(-c2nc(C(F)F)cs2)c1C(=O)O.[Na+].[Na+]. The van der Waals surface area contributed by atoms with Crippen molar-refractivity contribution in [3.63, 3.8) is 0 Å². The molecule has 12 aromatic heterocycles. The van der Waals surface area contributed by atoms with Crippen LogP contribution in [0.25, 0.3) is 66.9 Å². The van der Waals surface area contributed by atoms with Gasteiger partial charge in [-0.3, -0.25) is 52.8 Å². The summed E-state index contributed by atoms with van der Waals surface area (Å²) in [6, 6.07) is 9.64. The Hall–Kier alpha value is -10.9. The molecule has 0 aliphatic carbocycles. The quantitative estimate of drug-likeness (QED) is 0.0636. The number of carbonyl (C=O) groups is 6. The van der Waals surface area contributed by atoms with E-state index in [4.69, 9.17) is 20.4 Å². The molecule has 32 nitrogen and oxygen atoms in total. The van der Waals surface area contributed by atoms with E-state index in [1.807, 2.05) is 32.9 Å². The van der Waals surface area contributed by atoms with Gasteiger partial charge in [-0.25, -0.2) is 47.5 Å². The summed E-state index contributed by atoms with van der Waals surface area (Å²) < 4.78 is 82.5. The van der Waals surface area contributed by atoms with Crippen LogP contribution in [0.2, 0.25) is 0 Å². The average Bonchev–Trinajstić information content (AvgIpc) is 1.60. The Balaban J connectivity index is 0.000000224. The molecule has 0 fully saturated rings. The van der Waals surface area contributed by atoms with E-state index in [0.29, 0.717) is 50.7 Å². The number of hydrogen-bond donors (Lipinski definition) is 4. The summed E-state index contributed by atoms with van der Waals surface area (Å²) in [7, 11) is 9.14. The molecule has 0 radical (unpaired) electrons. The monoisotopic (exact) mass is 1480 g/mol. The molecule has 12 aromatic rings. The van der Waals surface area contributed by atoms with Crippen LogP contribution in [0.5, 0.6) is 0 Å². The van der Waals surface area contributed by atoms with Crippen molar-refractivity contribution in [1.82, 2.24) is 98.6 Å². The summed E-state index contributed by atoms with van der Waals surface area (Å²) in [6.45, 7) is 6.87. The first-order valence-corrected chi connectivity index (χ1v) is 29.8. The predicted octanol–water partition coefficient (Wildman–Crippen LogP) is 0.0779. The minimum absolute atomic E-state index is 0. The molecule has 0 spiro atoms. The number of hydrogen-bond acceptors (Lipinski definition) is 24. The third kappa shape index (κ3) is 20.9. The van der Waals surface area contributed by atoms with Crippen LogP contribution < -0.4 is 69.3 Å². The maximum Gasteiger partial charge on any atom is 1.00 e. The second-order valence-corrected chi connectivity index (χ2v) is 22.0. The van der Waals surface area contributed by atoms with Crippen LogP contribution >= 0.6 is 11.3 Å². The largest absolute Gasteiger partial charge is 1.00 e. The van der Waals surface area contributed by atoms with Crippen LogP contribution in [-0.4, -0.2) is 161 Å². The molecule has 4 N–H and O–H groups in total. The third-order valence-corrected chi connectivity index (χ3v) is 14.7. The van der Waals surface area contributed by atoms with Crippen LogP contribution in [-0.2, 0) is 48.5 Å². The number of carboxylic acids is 5. The number of aryl methyl sites for hydroxylation is 10. The van der Waals surface area contributed by atoms with Gasteiger partial charge in [0.15, 0.2) is 17.1 Å². The van der Waals surface area contributed by atoms with Gasteiger partial charge in [-0.15, -0.1) is 11.3 Å². The number of pyridine rings is 3. The van der Waals surface area contributed by atoms with Crippen LogP contribution in [0.3, 0.4) is 0 Å². The normalized spacial score (nSPS) is 10.6. The topological polar surface area (TPSA) is 439 Å². The van der Waals surface area contributed by atoms with E-state index < -0.39 is 60.6 Å². The number of aliphatic hydroxyl groups is 1. The molecule has 12 heterocycles. The zero-order chi connectivity index (χ0) is 75.2. The molecule has 0 amide bonds. The molecule has 0 atom stereocenters. The molecule has 0 unspecified atom stereocenters. The molecule has 41 heteroatoms. The minimum Gasteiger partial charge on any atom is -0.543 e. The second-order valence-electron chi connectivity index (χ2n) is 21.2. The fraction of sp³-hybridized carbons (Fsp3) is 0.206. The molecule has 12 rings (SSSR count). The number of nitrogens with zero attached hydrogens (tertiary/aromatic N) is 20. The van der Waals surface area contributed by atoms with Gasteiger partial charge in [0.1, 0.15) is 34.5 Å². The molecule has 0 saturated heterocycles. The van der Waals surface area contributed by atoms with Crippen LogP contribution in [0.15, 0.2) is 116 Å². The third-order valence-electron chi connectivity index (χ3n) is 13.8. The fourth-order valence-corrected chi connectivity index (χ4v) is 10.1. The van der Waals surface area contributed by atoms with E-state index in [-0.39, 0.29) is 121 Å². The van der Waals surface area contributed by atoms with Gasteiger partial charge in [0.25, 0.3) is 6.43 Å². The number of aromatic carboxylic acids is 5. The van der Waals surface area contributed by atoms with E-state index in [1.165, 1.54) is 111 Å². The van der Waals surface area contributed by atoms with E-state index in [2.05, 4.69) is 70.5 Å². The Labute approximate surface area is 632 Å². The van der Waals surface area contributed by atoms with Gasteiger partial charge in [-0.1, -0.05) is 6.07 Å². The van der Waals surface area contributed by atoms with Crippen molar-refractivity contribution in [2.75, 3.05) is 6.61 Å². The fourth-order valence-electron chi connectivity index (χ4n) is 9.32. The predicted molar refractivity (Wildman–Crippen MR) is 342 cm³/mol. The Morgan fingerprint density at radius 3 is 1.28 bits per heavy atom. The average molecular weight is 1480 g/mol. The summed E-state index contributed by atoms with van der Waals surface area (Å²) in [5, 5.41) is 82.5. The molecule has 0 aliphatic heterocycles. The molecule has 0 aliphatic rings. The van der Waals surface area contributed by atoms with Gasteiger partial charge >= 0.3 is 83.2 Å². The van der Waals surface area contributed by atoms with Crippen LogP contribution in [0, 0.1) is 33.5 Å². The number of carboxylic acid groups (broad SMARTS) is 5. The van der Waals surface area contributed by atoms with Gasteiger partial charge in [0.05, 0.1) is 141 Å². The number of aliphatic hydroxyl groups excluding tert-OH is 1. The van der Waals surface area contributed by atoms with Crippen molar-refractivity contribution in [2.24, 2.45) is 42.3 Å². The molecule has 0 aromatic carbocycles. The summed E-state index contributed by atoms with van der Waals surface area (Å²) in [5.74, 6) is -6.95. The number of carbonyl (C=O) groups excluding carboxylic acids is 3. The number of aromatic nitrogens is 20. The van der Waals surface area contributed by atoms with E-state index >= 15 is 0 Å². The Kier molecular flexibility index (Phi) is 29.6. The van der Waals surface area contributed by atoms with E-state index in [9.17, 15) is 65.3 Å².